The second-order valence-corrected chi connectivity index (χ2v) is 22.4. The number of hydrogen-bond acceptors (Lipinski definition) is 20. The summed E-state index contributed by atoms with van der Waals surface area (Å²) in [7, 11) is 0.940. The fraction of sp³-hybridized carbons (Fsp3) is 0.435. The molecule has 6 heterocycles. The average molecular weight is 1100 g/mol. The van der Waals surface area contributed by atoms with E-state index in [2.05, 4.69) is 51.0 Å². The minimum absolute atomic E-state index is 0.123. The number of methoxy groups -OCH3 is 6. The molecule has 2 aliphatic heterocycles. The lowest BCUT2D eigenvalue weighted by atomic mass is 10.2. The fourth-order valence-corrected chi connectivity index (χ4v) is 11.5. The Morgan fingerprint density at radius 1 is 0.568 bits per heavy atom. The van der Waals surface area contributed by atoms with E-state index in [0.717, 1.165) is 0 Å². The number of aromatic nitrogens is 10. The number of carbonyl (C=O) groups is 2. The Kier molecular flexibility index (Phi) is 17.7. The zero-order chi connectivity index (χ0) is 53.5. The van der Waals surface area contributed by atoms with Gasteiger partial charge < -0.3 is 39.1 Å². The molecule has 0 aliphatic carbocycles. The van der Waals surface area contributed by atoms with Gasteiger partial charge in [0, 0.05) is 51.8 Å². The SMILES string of the molecule is COc1cccc(OC)c1-n1c(CS(=O)(=O)[C@@H](C)[C@H](OC)c2ncc(Cl)cn2)nnc1[C@@H]1CCC(=O)N1.COc1cccc(OC)c1-n1c(CS(=O)(=O)[C@@H](C)[C@H](OC)c2ncc(Cl)cn2)nnc1[C@H]1CCC(=O)N1. The summed E-state index contributed by atoms with van der Waals surface area (Å²) in [6.07, 6.45) is 5.22. The van der Waals surface area contributed by atoms with Crippen LogP contribution in [0.15, 0.2) is 61.2 Å². The van der Waals surface area contributed by atoms with Crippen LogP contribution in [0.2, 0.25) is 10.0 Å². The molecule has 0 saturated carbocycles. The van der Waals surface area contributed by atoms with E-state index < -0.39 is 66.0 Å². The number of halogens is 2. The predicted molar refractivity (Wildman–Crippen MR) is 267 cm³/mol. The van der Waals surface area contributed by atoms with Crippen molar-refractivity contribution < 1.29 is 54.8 Å². The lowest BCUT2D eigenvalue weighted by Crippen LogP contribution is -2.30. The van der Waals surface area contributed by atoms with Crippen LogP contribution < -0.4 is 29.6 Å². The Labute approximate surface area is 436 Å². The third-order valence-electron chi connectivity index (χ3n) is 12.3. The van der Waals surface area contributed by atoms with E-state index in [9.17, 15) is 26.4 Å². The number of para-hydroxylation sites is 2. The van der Waals surface area contributed by atoms with E-state index in [4.69, 9.17) is 51.6 Å². The standard InChI is InChI=1S/2C23H27ClN6O6S/c2*1-13(21(36-4)22-25-10-14(24)11-26-22)37(32,33)12-18-28-29-23(15-8-9-19(31)27-15)30(18)20-16(34-2)6-5-7-17(20)35-3/h2*5-7,10-11,13,15,21H,8-9,12H2,1-4H3,(H,27,31)/t13-,15+,21-;13-,15-,21-/m00/s1. The average Bonchev–Trinajstić information content (AvgIpc) is 4.22. The smallest absolute Gasteiger partial charge is 0.220 e. The van der Waals surface area contributed by atoms with Gasteiger partial charge in [-0.15, -0.1) is 20.4 Å². The van der Waals surface area contributed by atoms with Crippen LogP contribution in [-0.2, 0) is 50.2 Å². The van der Waals surface area contributed by atoms with Gasteiger partial charge in [-0.1, -0.05) is 35.3 Å². The van der Waals surface area contributed by atoms with Crippen LogP contribution >= 0.6 is 23.2 Å². The first kappa shape index (κ1) is 55.2. The third kappa shape index (κ3) is 11.8. The summed E-state index contributed by atoms with van der Waals surface area (Å²) in [4.78, 5) is 40.4. The first-order chi connectivity index (χ1) is 35.4. The number of rotatable bonds is 20. The van der Waals surface area contributed by atoms with Gasteiger partial charge in [-0.25, -0.2) is 36.8 Å². The van der Waals surface area contributed by atoms with Crippen molar-refractivity contribution in [3.63, 3.8) is 0 Å². The van der Waals surface area contributed by atoms with Crippen molar-refractivity contribution in [1.29, 1.82) is 0 Å². The molecule has 0 unspecified atom stereocenters. The molecule has 6 aromatic rings. The largest absolute Gasteiger partial charge is 0.494 e. The molecule has 4 aromatic heterocycles. The number of nitrogens with one attached hydrogen (secondary N) is 2. The Morgan fingerprint density at radius 3 is 1.16 bits per heavy atom. The van der Waals surface area contributed by atoms with Crippen LogP contribution in [0.1, 0.15) is 98.8 Å². The molecule has 8 rings (SSSR count). The molecule has 28 heteroatoms. The Hall–Kier alpha value is -6.58. The van der Waals surface area contributed by atoms with Crippen LogP contribution in [0.4, 0.5) is 0 Å². The van der Waals surface area contributed by atoms with E-state index in [1.807, 2.05) is 0 Å². The van der Waals surface area contributed by atoms with Gasteiger partial charge in [0.05, 0.1) is 61.1 Å². The van der Waals surface area contributed by atoms with Gasteiger partial charge in [0.25, 0.3) is 0 Å². The molecular weight excluding hydrogens is 1050 g/mol. The van der Waals surface area contributed by atoms with Crippen molar-refractivity contribution >= 4 is 54.7 Å². The molecule has 0 radical (unpaired) electrons. The van der Waals surface area contributed by atoms with Gasteiger partial charge in [-0.05, 0) is 51.0 Å². The predicted octanol–water partition coefficient (Wildman–Crippen LogP) is 4.74. The van der Waals surface area contributed by atoms with Gasteiger partial charge in [0.15, 0.2) is 54.6 Å². The summed E-state index contributed by atoms with van der Waals surface area (Å²) in [5.41, 5.74) is 0.853. The fourth-order valence-electron chi connectivity index (χ4n) is 8.46. The first-order valence-corrected chi connectivity index (χ1v) is 26.9. The number of ether oxygens (including phenoxy) is 6. The van der Waals surface area contributed by atoms with Gasteiger partial charge in [0.1, 0.15) is 58.1 Å². The quantitative estimate of drug-likeness (QED) is 0.104. The minimum atomic E-state index is -3.90. The van der Waals surface area contributed by atoms with Gasteiger partial charge in [-0.3, -0.25) is 18.7 Å². The molecule has 2 fully saturated rings. The highest BCUT2D eigenvalue weighted by molar-refractivity contribution is 7.91. The van der Waals surface area contributed by atoms with Crippen molar-refractivity contribution in [2.24, 2.45) is 0 Å². The number of hydrogen-bond donors (Lipinski definition) is 2. The molecule has 74 heavy (non-hydrogen) atoms. The summed E-state index contributed by atoms with van der Waals surface area (Å²) in [6, 6.07) is 9.44. The lowest BCUT2D eigenvalue weighted by molar-refractivity contribution is -0.120. The van der Waals surface area contributed by atoms with E-state index in [0.29, 0.717) is 81.8 Å². The highest BCUT2D eigenvalue weighted by atomic mass is 35.5. The normalized spacial score (nSPS) is 17.3. The maximum Gasteiger partial charge on any atom is 0.220 e. The van der Waals surface area contributed by atoms with Crippen LogP contribution in [0, 0.1) is 0 Å². The van der Waals surface area contributed by atoms with E-state index in [1.165, 1.54) is 81.3 Å². The van der Waals surface area contributed by atoms with E-state index >= 15 is 0 Å². The van der Waals surface area contributed by atoms with Crippen molar-refractivity contribution in [3.8, 4) is 34.4 Å². The Bertz CT molecular complexity index is 2930. The van der Waals surface area contributed by atoms with Crippen molar-refractivity contribution in [2.45, 2.75) is 85.8 Å². The van der Waals surface area contributed by atoms with Crippen LogP contribution in [0.25, 0.3) is 11.4 Å². The minimum Gasteiger partial charge on any atom is -0.494 e. The molecule has 0 bridgehead atoms. The van der Waals surface area contributed by atoms with Crippen molar-refractivity contribution in [1.82, 2.24) is 60.1 Å². The monoisotopic (exact) mass is 1100 g/mol. The Balaban J connectivity index is 0.000000216. The summed E-state index contributed by atoms with van der Waals surface area (Å²) in [5.74, 6) is 1.80. The van der Waals surface area contributed by atoms with Gasteiger partial charge in [0.2, 0.25) is 11.8 Å². The summed E-state index contributed by atoms with van der Waals surface area (Å²) in [5, 5.41) is 21.3. The number of nitrogens with zero attached hydrogens (tertiary/aromatic N) is 10. The number of benzene rings is 2. The van der Waals surface area contributed by atoms with Crippen molar-refractivity contribution in [2.75, 3.05) is 42.7 Å². The maximum atomic E-state index is 13.6. The lowest BCUT2D eigenvalue weighted by Gasteiger charge is -2.22. The second-order valence-electron chi connectivity index (χ2n) is 16.8. The zero-order valence-electron chi connectivity index (χ0n) is 41.4. The molecule has 6 atom stereocenters. The van der Waals surface area contributed by atoms with Gasteiger partial charge >= 0.3 is 0 Å². The second kappa shape index (κ2) is 23.7. The summed E-state index contributed by atoms with van der Waals surface area (Å²) in [6.45, 7) is 3.04. The summed E-state index contributed by atoms with van der Waals surface area (Å²) < 4.78 is 90.9. The van der Waals surface area contributed by atoms with Crippen LogP contribution in [0.3, 0.4) is 0 Å². The molecule has 2 N–H and O–H groups in total. The Morgan fingerprint density at radius 2 is 0.892 bits per heavy atom. The molecule has 2 amide bonds. The van der Waals surface area contributed by atoms with E-state index in [-0.39, 0.29) is 35.1 Å². The number of sulfone groups is 2. The summed E-state index contributed by atoms with van der Waals surface area (Å²) >= 11 is 11.8. The molecule has 396 valence electrons. The molecule has 24 nitrogen and oxygen atoms in total. The molecule has 2 saturated heterocycles. The highest BCUT2D eigenvalue weighted by Crippen LogP contribution is 2.39. The number of amides is 2. The topological polar surface area (TPSA) is 295 Å². The zero-order valence-corrected chi connectivity index (χ0v) is 44.6. The maximum absolute atomic E-state index is 13.6. The van der Waals surface area contributed by atoms with E-state index in [1.54, 1.807) is 45.5 Å². The third-order valence-corrected chi connectivity index (χ3v) is 16.8. The molecular formula is C46H54Cl2N12O12S2. The van der Waals surface area contributed by atoms with Crippen molar-refractivity contribution in [3.05, 3.63) is 106 Å². The molecule has 2 aromatic carbocycles. The van der Waals surface area contributed by atoms with Crippen LogP contribution in [0.5, 0.6) is 23.0 Å². The highest BCUT2D eigenvalue weighted by Gasteiger charge is 2.39. The van der Waals surface area contributed by atoms with Gasteiger partial charge in [-0.2, -0.15) is 0 Å². The van der Waals surface area contributed by atoms with Crippen LogP contribution in [-0.4, -0.2) is 131 Å². The number of carbonyl (C=O) groups excluding carboxylic acids is 2. The molecule has 2 aliphatic rings. The molecule has 0 spiro atoms. The first-order valence-electron chi connectivity index (χ1n) is 22.7.